The highest BCUT2D eigenvalue weighted by Gasteiger charge is 2.26. The predicted molar refractivity (Wildman–Crippen MR) is 141 cm³/mol. The van der Waals surface area contributed by atoms with Crippen molar-refractivity contribution in [3.63, 3.8) is 0 Å². The number of hydrogen-bond donors (Lipinski definition) is 1. The standard InChI is InChI=1S/C27H22BrClF2N4O/c28-19-4-6-24-20(14-19)21-16-34(10-1-2-17-3-5-23(30)22(29)12-17)11-8-25(21)35(24)27(36)33-15-18-7-9-32-26(31)13-18/h1-7,9,12-14H,8,10-11,15-16H2,(H,33,36)/b2-1+. The third-order valence-electron chi connectivity index (χ3n) is 6.24. The summed E-state index contributed by atoms with van der Waals surface area (Å²) in [7, 11) is 0. The lowest BCUT2D eigenvalue weighted by Gasteiger charge is -2.27. The van der Waals surface area contributed by atoms with Gasteiger partial charge < -0.3 is 5.32 Å². The van der Waals surface area contributed by atoms with Gasteiger partial charge in [-0.1, -0.05) is 45.7 Å². The number of hydrogen-bond acceptors (Lipinski definition) is 3. The molecule has 0 bridgehead atoms. The molecule has 0 radical (unpaired) electrons. The number of carbonyl (C=O) groups excluding carboxylic acids is 1. The monoisotopic (exact) mass is 570 g/mol. The number of aromatic nitrogens is 2. The molecule has 5 rings (SSSR count). The van der Waals surface area contributed by atoms with Gasteiger partial charge in [0.05, 0.1) is 10.5 Å². The highest BCUT2D eigenvalue weighted by atomic mass is 79.9. The Morgan fingerprint density at radius 3 is 2.83 bits per heavy atom. The largest absolute Gasteiger partial charge is 0.333 e. The maximum absolute atomic E-state index is 13.4. The van der Waals surface area contributed by atoms with Gasteiger partial charge in [-0.05, 0) is 59.2 Å². The molecule has 2 aromatic carbocycles. The first kappa shape index (κ1) is 24.6. The molecule has 0 saturated heterocycles. The molecule has 0 spiro atoms. The van der Waals surface area contributed by atoms with Gasteiger partial charge in [-0.15, -0.1) is 0 Å². The quantitative estimate of drug-likeness (QED) is 0.276. The molecule has 2 aromatic heterocycles. The molecular formula is C27H22BrClF2N4O. The van der Waals surface area contributed by atoms with Gasteiger partial charge in [0.15, 0.2) is 0 Å². The van der Waals surface area contributed by atoms with E-state index in [1.807, 2.05) is 30.4 Å². The van der Waals surface area contributed by atoms with Crippen LogP contribution in [0.1, 0.15) is 22.4 Å². The second-order valence-corrected chi connectivity index (χ2v) is 9.95. The lowest BCUT2D eigenvalue weighted by molar-refractivity contribution is 0.240. The summed E-state index contributed by atoms with van der Waals surface area (Å²) in [5.74, 6) is -1.01. The SMILES string of the molecule is O=C(NCc1ccnc(F)c1)n1c2c(c3cc(Br)ccc31)CN(C/C=C/c1ccc(F)c(Cl)c1)CC2. The van der Waals surface area contributed by atoms with Gasteiger partial charge in [0.1, 0.15) is 5.82 Å². The van der Waals surface area contributed by atoms with Crippen LogP contribution in [-0.4, -0.2) is 33.6 Å². The van der Waals surface area contributed by atoms with Crippen molar-refractivity contribution in [2.75, 3.05) is 13.1 Å². The predicted octanol–water partition coefficient (Wildman–Crippen LogP) is 6.56. The van der Waals surface area contributed by atoms with E-state index in [2.05, 4.69) is 31.1 Å². The fourth-order valence-electron chi connectivity index (χ4n) is 4.54. The maximum atomic E-state index is 13.4. The van der Waals surface area contributed by atoms with E-state index >= 15 is 0 Å². The van der Waals surface area contributed by atoms with Crippen molar-refractivity contribution >= 4 is 50.5 Å². The Morgan fingerprint density at radius 2 is 2.03 bits per heavy atom. The number of nitrogens with one attached hydrogen (secondary N) is 1. The number of fused-ring (bicyclic) bond motifs is 3. The molecule has 0 aliphatic carbocycles. The van der Waals surface area contributed by atoms with Crippen LogP contribution in [0.15, 0.2) is 65.3 Å². The highest BCUT2D eigenvalue weighted by Crippen LogP contribution is 2.33. The van der Waals surface area contributed by atoms with Crippen LogP contribution >= 0.6 is 27.5 Å². The van der Waals surface area contributed by atoms with Gasteiger partial charge in [0.2, 0.25) is 5.95 Å². The van der Waals surface area contributed by atoms with Crippen molar-refractivity contribution < 1.29 is 13.6 Å². The number of rotatable bonds is 5. The molecule has 9 heteroatoms. The van der Waals surface area contributed by atoms with Gasteiger partial charge in [0.25, 0.3) is 0 Å². The summed E-state index contributed by atoms with van der Waals surface area (Å²) in [5, 5.41) is 4.03. The van der Waals surface area contributed by atoms with Gasteiger partial charge >= 0.3 is 6.03 Å². The molecule has 0 atom stereocenters. The molecule has 5 nitrogen and oxygen atoms in total. The fourth-order valence-corrected chi connectivity index (χ4v) is 5.09. The van der Waals surface area contributed by atoms with E-state index in [0.717, 1.165) is 38.7 Å². The first-order valence-corrected chi connectivity index (χ1v) is 12.6. The Hall–Kier alpha value is -3.07. The van der Waals surface area contributed by atoms with E-state index in [0.29, 0.717) is 25.1 Å². The zero-order valence-electron chi connectivity index (χ0n) is 19.1. The minimum absolute atomic E-state index is 0.102. The van der Waals surface area contributed by atoms with Crippen LogP contribution in [0.3, 0.4) is 0 Å². The smallest absolute Gasteiger partial charge is 0.326 e. The zero-order chi connectivity index (χ0) is 25.2. The van der Waals surface area contributed by atoms with Crippen LogP contribution in [-0.2, 0) is 19.5 Å². The van der Waals surface area contributed by atoms with Crippen molar-refractivity contribution in [1.29, 1.82) is 0 Å². The molecule has 0 saturated carbocycles. The van der Waals surface area contributed by atoms with Crippen molar-refractivity contribution in [2.24, 2.45) is 0 Å². The Labute approximate surface area is 220 Å². The molecule has 1 amide bonds. The Kier molecular flexibility index (Phi) is 7.18. The Bertz CT molecular complexity index is 1490. The van der Waals surface area contributed by atoms with E-state index in [-0.39, 0.29) is 17.6 Å². The van der Waals surface area contributed by atoms with Gasteiger partial charge in [-0.25, -0.2) is 14.2 Å². The minimum Gasteiger partial charge on any atom is -0.333 e. The molecule has 1 aliphatic rings. The molecule has 3 heterocycles. The summed E-state index contributed by atoms with van der Waals surface area (Å²) in [5.41, 5.74) is 4.41. The lowest BCUT2D eigenvalue weighted by atomic mass is 10.0. The molecule has 0 fully saturated rings. The minimum atomic E-state index is -0.577. The number of amides is 1. The summed E-state index contributed by atoms with van der Waals surface area (Å²) in [4.78, 5) is 19.1. The Morgan fingerprint density at radius 1 is 1.17 bits per heavy atom. The molecule has 1 N–H and O–H groups in total. The van der Waals surface area contributed by atoms with Crippen LogP contribution in [0.4, 0.5) is 13.6 Å². The molecule has 4 aromatic rings. The maximum Gasteiger partial charge on any atom is 0.326 e. The summed E-state index contributed by atoms with van der Waals surface area (Å²) in [6.07, 6.45) is 6.05. The normalized spacial score (nSPS) is 13.9. The van der Waals surface area contributed by atoms with Crippen molar-refractivity contribution in [3.8, 4) is 0 Å². The van der Waals surface area contributed by atoms with E-state index < -0.39 is 11.8 Å². The van der Waals surface area contributed by atoms with Crippen molar-refractivity contribution in [3.05, 3.63) is 104 Å². The lowest BCUT2D eigenvalue weighted by Crippen LogP contribution is -2.34. The van der Waals surface area contributed by atoms with Gasteiger partial charge in [0, 0.05) is 54.3 Å². The Balaban J connectivity index is 1.36. The van der Waals surface area contributed by atoms with E-state index in [1.165, 1.54) is 18.3 Å². The third kappa shape index (κ3) is 5.21. The van der Waals surface area contributed by atoms with E-state index in [9.17, 15) is 13.6 Å². The first-order chi connectivity index (χ1) is 17.4. The zero-order valence-corrected chi connectivity index (χ0v) is 21.5. The number of halogens is 4. The number of benzene rings is 2. The highest BCUT2D eigenvalue weighted by molar-refractivity contribution is 9.10. The summed E-state index contributed by atoms with van der Waals surface area (Å²) in [6.45, 7) is 2.37. The summed E-state index contributed by atoms with van der Waals surface area (Å²) < 4.78 is 29.5. The van der Waals surface area contributed by atoms with Crippen LogP contribution in [0.25, 0.3) is 17.0 Å². The topological polar surface area (TPSA) is 50.2 Å². The fraction of sp³-hybridized carbons (Fsp3) is 0.185. The van der Waals surface area contributed by atoms with Crippen molar-refractivity contribution in [2.45, 2.75) is 19.5 Å². The summed E-state index contributed by atoms with van der Waals surface area (Å²) in [6, 6.07) is 13.3. The van der Waals surface area contributed by atoms with E-state index in [4.69, 9.17) is 11.6 Å². The van der Waals surface area contributed by atoms with E-state index in [1.54, 1.807) is 22.8 Å². The van der Waals surface area contributed by atoms with Crippen LogP contribution < -0.4 is 5.32 Å². The summed E-state index contributed by atoms with van der Waals surface area (Å²) >= 11 is 9.44. The number of nitrogens with zero attached hydrogens (tertiary/aromatic N) is 3. The van der Waals surface area contributed by atoms with Gasteiger partial charge in [-0.2, -0.15) is 4.39 Å². The molecular weight excluding hydrogens is 550 g/mol. The third-order valence-corrected chi connectivity index (χ3v) is 7.03. The second-order valence-electron chi connectivity index (χ2n) is 8.63. The molecule has 0 unspecified atom stereocenters. The number of carbonyl (C=O) groups is 1. The van der Waals surface area contributed by atoms with Crippen LogP contribution in [0, 0.1) is 11.8 Å². The molecule has 1 aliphatic heterocycles. The average molecular weight is 572 g/mol. The van der Waals surface area contributed by atoms with Crippen molar-refractivity contribution in [1.82, 2.24) is 19.8 Å². The van der Waals surface area contributed by atoms with Crippen LogP contribution in [0.5, 0.6) is 0 Å². The average Bonchev–Trinajstić information content (AvgIpc) is 3.18. The van der Waals surface area contributed by atoms with Gasteiger partial charge in [-0.3, -0.25) is 9.47 Å². The molecule has 184 valence electrons. The van der Waals surface area contributed by atoms with Crippen LogP contribution in [0.2, 0.25) is 5.02 Å². The molecule has 36 heavy (non-hydrogen) atoms. The first-order valence-electron chi connectivity index (χ1n) is 11.4. The second kappa shape index (κ2) is 10.5. The number of pyridine rings is 1.